The zero-order valence-corrected chi connectivity index (χ0v) is 19.9. The summed E-state index contributed by atoms with van der Waals surface area (Å²) in [7, 11) is -4.19. The largest absolute Gasteiger partial charge is 0.444 e. The lowest BCUT2D eigenvalue weighted by Crippen LogP contribution is -2.33. The highest BCUT2D eigenvalue weighted by molar-refractivity contribution is 7.90. The van der Waals surface area contributed by atoms with Crippen molar-refractivity contribution in [2.24, 2.45) is 0 Å². The van der Waals surface area contributed by atoms with Gasteiger partial charge in [0.2, 0.25) is 5.78 Å². The Balaban J connectivity index is 1.75. The number of aromatic nitrogens is 3. The number of aromatic amines is 1. The van der Waals surface area contributed by atoms with Gasteiger partial charge < -0.3 is 10.1 Å². The van der Waals surface area contributed by atoms with E-state index in [9.17, 15) is 22.8 Å². The van der Waals surface area contributed by atoms with Crippen molar-refractivity contribution < 1.29 is 27.5 Å². The number of hydrogen-bond acceptors (Lipinski definition) is 7. The van der Waals surface area contributed by atoms with Crippen molar-refractivity contribution in [2.45, 2.75) is 44.6 Å². The molecule has 2 heterocycles. The van der Waals surface area contributed by atoms with E-state index in [-0.39, 0.29) is 40.4 Å². The van der Waals surface area contributed by atoms with Crippen LogP contribution in [0.3, 0.4) is 0 Å². The lowest BCUT2D eigenvalue weighted by molar-refractivity contribution is 0.0528. The minimum absolute atomic E-state index is 0.0134. The first-order chi connectivity index (χ1) is 15.9. The number of aryl methyl sites for hydroxylation is 1. The number of amides is 1. The number of ketones is 2. The highest BCUT2D eigenvalue weighted by Crippen LogP contribution is 2.32. The highest BCUT2D eigenvalue weighted by Gasteiger charge is 2.39. The minimum atomic E-state index is -4.19. The van der Waals surface area contributed by atoms with Gasteiger partial charge in [-0.3, -0.25) is 14.7 Å². The summed E-state index contributed by atoms with van der Waals surface area (Å²) < 4.78 is 33.0. The van der Waals surface area contributed by atoms with Gasteiger partial charge in [0.15, 0.2) is 5.78 Å². The molecule has 0 saturated carbocycles. The molecule has 2 aromatic heterocycles. The molecule has 0 atom stereocenters. The van der Waals surface area contributed by atoms with Crippen molar-refractivity contribution in [1.29, 1.82) is 0 Å². The van der Waals surface area contributed by atoms with Crippen LogP contribution < -0.4 is 5.32 Å². The summed E-state index contributed by atoms with van der Waals surface area (Å²) in [6.45, 7) is 7.07. The Morgan fingerprint density at radius 2 is 1.82 bits per heavy atom. The molecule has 0 saturated heterocycles. The summed E-state index contributed by atoms with van der Waals surface area (Å²) >= 11 is 0. The Kier molecular flexibility index (Phi) is 5.68. The standard InChI is InChI=1S/C23H24N4O6S/c1-13-5-7-15(8-6-13)34(31,32)27-12-14(9-10-24-22(30)33-23(2,3)4)17-19(27)21(29)18-16(20(17)28)11-25-26-18/h5-8,11-12H,9-10H2,1-4H3,(H,24,30)(H,25,26). The average molecular weight is 485 g/mol. The Bertz CT molecular complexity index is 1410. The molecule has 0 unspecified atom stereocenters. The number of nitrogens with one attached hydrogen (secondary N) is 2. The van der Waals surface area contributed by atoms with Crippen molar-refractivity contribution in [3.63, 3.8) is 0 Å². The van der Waals surface area contributed by atoms with Crippen LogP contribution in [-0.2, 0) is 21.2 Å². The van der Waals surface area contributed by atoms with Gasteiger partial charge in [-0.05, 0) is 51.8 Å². The number of carbonyl (C=O) groups is 3. The SMILES string of the molecule is Cc1ccc(S(=O)(=O)n2cc(CCNC(=O)OC(C)(C)C)c3c2C(=O)c2[nH]ncc2C3=O)cc1. The molecule has 0 fully saturated rings. The zero-order valence-electron chi connectivity index (χ0n) is 19.1. The normalized spacial score (nSPS) is 13.4. The van der Waals surface area contributed by atoms with Crippen molar-refractivity contribution in [1.82, 2.24) is 19.5 Å². The number of benzene rings is 1. The molecule has 3 aromatic rings. The number of ether oxygens (including phenoxy) is 1. The molecular weight excluding hydrogens is 460 g/mol. The predicted molar refractivity (Wildman–Crippen MR) is 122 cm³/mol. The number of rotatable bonds is 5. The third kappa shape index (κ3) is 4.14. The molecule has 10 nitrogen and oxygen atoms in total. The van der Waals surface area contributed by atoms with Crippen molar-refractivity contribution >= 4 is 27.7 Å². The summed E-state index contributed by atoms with van der Waals surface area (Å²) in [5, 5.41) is 8.85. The third-order valence-corrected chi connectivity index (χ3v) is 6.92. The number of H-pyrrole nitrogens is 1. The maximum Gasteiger partial charge on any atom is 0.407 e. The van der Waals surface area contributed by atoms with E-state index in [0.29, 0.717) is 5.56 Å². The van der Waals surface area contributed by atoms with E-state index in [1.807, 2.05) is 6.92 Å². The van der Waals surface area contributed by atoms with E-state index in [0.717, 1.165) is 9.54 Å². The number of nitrogens with zero attached hydrogens (tertiary/aromatic N) is 2. The fourth-order valence-corrected chi connectivity index (χ4v) is 5.09. The first kappa shape index (κ1) is 23.4. The van der Waals surface area contributed by atoms with Crippen LogP contribution in [0.2, 0.25) is 0 Å². The molecule has 0 bridgehead atoms. The summed E-state index contributed by atoms with van der Waals surface area (Å²) in [6.07, 6.45) is 1.97. The maximum atomic E-state index is 13.5. The smallest absolute Gasteiger partial charge is 0.407 e. The van der Waals surface area contributed by atoms with Crippen LogP contribution in [0.5, 0.6) is 0 Å². The van der Waals surface area contributed by atoms with Crippen LogP contribution in [0.15, 0.2) is 41.6 Å². The van der Waals surface area contributed by atoms with Gasteiger partial charge in [0.1, 0.15) is 17.0 Å². The van der Waals surface area contributed by atoms with E-state index in [1.165, 1.54) is 24.5 Å². The number of alkyl carbamates (subject to hydrolysis) is 1. The molecule has 11 heteroatoms. The van der Waals surface area contributed by atoms with Crippen LogP contribution >= 0.6 is 0 Å². The van der Waals surface area contributed by atoms with Gasteiger partial charge in [0.05, 0.1) is 22.2 Å². The molecular formula is C23H24N4O6S. The second kappa shape index (κ2) is 8.24. The van der Waals surface area contributed by atoms with Crippen molar-refractivity contribution in [2.75, 3.05) is 6.54 Å². The molecule has 1 aliphatic rings. The fourth-order valence-electron chi connectivity index (χ4n) is 3.70. The van der Waals surface area contributed by atoms with E-state index in [2.05, 4.69) is 15.5 Å². The number of carbonyl (C=O) groups excluding carboxylic acids is 3. The molecule has 1 amide bonds. The lowest BCUT2D eigenvalue weighted by Gasteiger charge is -2.19. The highest BCUT2D eigenvalue weighted by atomic mass is 32.2. The van der Waals surface area contributed by atoms with Gasteiger partial charge in [0.25, 0.3) is 10.0 Å². The predicted octanol–water partition coefficient (Wildman–Crippen LogP) is 2.60. The van der Waals surface area contributed by atoms with Gasteiger partial charge in [-0.15, -0.1) is 0 Å². The molecule has 1 aliphatic carbocycles. The summed E-state index contributed by atoms with van der Waals surface area (Å²) in [5.41, 5.74) is 0.242. The maximum absolute atomic E-state index is 13.5. The van der Waals surface area contributed by atoms with Crippen LogP contribution in [-0.4, -0.2) is 52.4 Å². The lowest BCUT2D eigenvalue weighted by atomic mass is 9.90. The molecule has 0 radical (unpaired) electrons. The van der Waals surface area contributed by atoms with E-state index in [4.69, 9.17) is 4.74 Å². The quantitative estimate of drug-likeness (QED) is 0.444. The molecule has 178 valence electrons. The van der Waals surface area contributed by atoms with E-state index in [1.54, 1.807) is 32.9 Å². The van der Waals surface area contributed by atoms with Crippen molar-refractivity contribution in [3.8, 4) is 0 Å². The summed E-state index contributed by atoms with van der Waals surface area (Å²) in [5.74, 6) is -1.16. The topological polar surface area (TPSA) is 140 Å². The second-order valence-electron chi connectivity index (χ2n) is 8.99. The molecule has 34 heavy (non-hydrogen) atoms. The fraction of sp³-hybridized carbons (Fsp3) is 0.304. The van der Waals surface area contributed by atoms with Crippen LogP contribution in [0.4, 0.5) is 4.79 Å². The van der Waals surface area contributed by atoms with E-state index >= 15 is 0 Å². The molecule has 0 spiro atoms. The number of fused-ring (bicyclic) bond motifs is 2. The van der Waals surface area contributed by atoms with Gasteiger partial charge in [-0.25, -0.2) is 17.2 Å². The van der Waals surface area contributed by atoms with Gasteiger partial charge in [0, 0.05) is 12.7 Å². The van der Waals surface area contributed by atoms with Crippen LogP contribution in [0.1, 0.15) is 64.0 Å². The third-order valence-electron chi connectivity index (χ3n) is 5.24. The Morgan fingerprint density at radius 3 is 2.47 bits per heavy atom. The minimum Gasteiger partial charge on any atom is -0.444 e. The summed E-state index contributed by atoms with van der Waals surface area (Å²) in [6, 6.07) is 6.18. The van der Waals surface area contributed by atoms with Gasteiger partial charge >= 0.3 is 6.09 Å². The molecule has 1 aromatic carbocycles. The Hall–Kier alpha value is -3.73. The summed E-state index contributed by atoms with van der Waals surface area (Å²) in [4.78, 5) is 38.4. The second-order valence-corrected chi connectivity index (χ2v) is 10.8. The first-order valence-electron chi connectivity index (χ1n) is 10.6. The average Bonchev–Trinajstić information content (AvgIpc) is 3.37. The Morgan fingerprint density at radius 1 is 1.15 bits per heavy atom. The number of hydrogen-bond donors (Lipinski definition) is 2. The van der Waals surface area contributed by atoms with Crippen LogP contribution in [0, 0.1) is 6.92 Å². The van der Waals surface area contributed by atoms with Gasteiger partial charge in [-0.2, -0.15) is 5.10 Å². The monoisotopic (exact) mass is 484 g/mol. The van der Waals surface area contributed by atoms with Gasteiger partial charge in [-0.1, -0.05) is 17.7 Å². The molecule has 2 N–H and O–H groups in total. The molecule has 4 rings (SSSR count). The Labute approximate surface area is 196 Å². The first-order valence-corrected chi connectivity index (χ1v) is 12.0. The van der Waals surface area contributed by atoms with Crippen molar-refractivity contribution in [3.05, 3.63) is 70.3 Å². The van der Waals surface area contributed by atoms with E-state index < -0.39 is 33.3 Å². The zero-order chi connectivity index (χ0) is 24.8. The molecule has 0 aliphatic heterocycles. The van der Waals surface area contributed by atoms with Crippen LogP contribution in [0.25, 0.3) is 0 Å².